The summed E-state index contributed by atoms with van der Waals surface area (Å²) >= 11 is 6.17. The maximum atomic E-state index is 2.43. The highest BCUT2D eigenvalue weighted by atomic mass is 127. The van der Waals surface area contributed by atoms with Crippen LogP contribution in [0.4, 0.5) is 0 Å². The number of fused-ring (bicyclic) bond motifs is 6. The molecule has 0 atom stereocenters. The Morgan fingerprint density at radius 2 is 1.03 bits per heavy atom. The summed E-state index contributed by atoms with van der Waals surface area (Å²) in [4.78, 5) is 1.32. The number of thiophene rings is 2. The number of halogens is 1. The van der Waals surface area contributed by atoms with Crippen LogP contribution >= 0.6 is 45.3 Å². The van der Waals surface area contributed by atoms with Crippen molar-refractivity contribution in [1.82, 2.24) is 0 Å². The largest absolute Gasteiger partial charge is 0.135 e. The predicted molar refractivity (Wildman–Crippen MR) is 156 cm³/mol. The zero-order valence-corrected chi connectivity index (χ0v) is 21.3. The Hall–Kier alpha value is -2.73. The van der Waals surface area contributed by atoms with Crippen LogP contribution in [-0.2, 0) is 0 Å². The van der Waals surface area contributed by atoms with Crippen molar-refractivity contribution in [3.05, 3.63) is 106 Å². The van der Waals surface area contributed by atoms with E-state index >= 15 is 0 Å². The second kappa shape index (κ2) is 7.66. The molecule has 0 nitrogen and oxygen atoms in total. The van der Waals surface area contributed by atoms with Crippen LogP contribution in [0.3, 0.4) is 0 Å². The molecular weight excluding hydrogens is 551 g/mol. The van der Waals surface area contributed by atoms with Crippen molar-refractivity contribution in [3.8, 4) is 21.6 Å². The Kier molecular flexibility index (Phi) is 4.57. The van der Waals surface area contributed by atoms with Crippen LogP contribution in [0.5, 0.6) is 0 Å². The molecule has 0 fully saturated rings. The molecule has 5 aromatic carbocycles. The molecule has 7 rings (SSSR count). The van der Waals surface area contributed by atoms with Crippen molar-refractivity contribution in [1.29, 1.82) is 0 Å². The van der Waals surface area contributed by atoms with Crippen molar-refractivity contribution >= 4 is 87.0 Å². The van der Waals surface area contributed by atoms with Gasteiger partial charge in [0.2, 0.25) is 0 Å². The van der Waals surface area contributed by atoms with Crippen LogP contribution in [-0.4, -0.2) is 0 Å². The van der Waals surface area contributed by atoms with E-state index in [9.17, 15) is 0 Å². The van der Waals surface area contributed by atoms with Gasteiger partial charge >= 0.3 is 0 Å². The van der Waals surface area contributed by atoms with Gasteiger partial charge in [0.05, 0.1) is 2.88 Å². The quantitative estimate of drug-likeness (QED) is 0.144. The Labute approximate surface area is 213 Å². The second-order valence-corrected chi connectivity index (χ2v) is 12.4. The van der Waals surface area contributed by atoms with Gasteiger partial charge in [0.15, 0.2) is 0 Å². The van der Waals surface area contributed by atoms with E-state index in [2.05, 4.69) is 126 Å². The van der Waals surface area contributed by atoms with Gasteiger partial charge in [-0.3, -0.25) is 0 Å². The summed E-state index contributed by atoms with van der Waals surface area (Å²) in [6.07, 6.45) is 0. The molecule has 156 valence electrons. The van der Waals surface area contributed by atoms with Gasteiger partial charge in [-0.1, -0.05) is 66.7 Å². The first kappa shape index (κ1) is 19.7. The molecule has 0 aliphatic carbocycles. The molecule has 0 spiro atoms. The minimum atomic E-state index is 1.26. The first-order valence-corrected chi connectivity index (χ1v) is 13.6. The minimum Gasteiger partial charge on any atom is -0.135 e. The van der Waals surface area contributed by atoms with Gasteiger partial charge in [0, 0.05) is 25.0 Å². The molecule has 7 aromatic rings. The summed E-state index contributed by atoms with van der Waals surface area (Å²) in [7, 11) is 0. The van der Waals surface area contributed by atoms with E-state index in [4.69, 9.17) is 0 Å². The lowest BCUT2D eigenvalue weighted by Gasteiger charge is -2.05. The first-order chi connectivity index (χ1) is 16.2. The maximum absolute atomic E-state index is 2.43. The standard InChI is InChI=1S/C30H17IS2/c31-30-17-26-24-15-21-10-12-27-25(23(21)14-22(24)11-13-28(26)33-30)16-29(32-27)20-8-6-19(7-9-20)18-4-2-1-3-5-18/h1-17H. The van der Waals surface area contributed by atoms with E-state index in [1.807, 2.05) is 22.7 Å². The Morgan fingerprint density at radius 1 is 0.455 bits per heavy atom. The average Bonchev–Trinajstić information content (AvgIpc) is 3.47. The third kappa shape index (κ3) is 3.30. The van der Waals surface area contributed by atoms with Crippen LogP contribution in [0, 0.1) is 2.88 Å². The molecule has 33 heavy (non-hydrogen) atoms. The minimum absolute atomic E-state index is 1.26. The molecule has 0 saturated carbocycles. The van der Waals surface area contributed by atoms with Crippen molar-refractivity contribution < 1.29 is 0 Å². The van der Waals surface area contributed by atoms with Gasteiger partial charge in [0.25, 0.3) is 0 Å². The molecular formula is C30H17IS2. The lowest BCUT2D eigenvalue weighted by Crippen LogP contribution is -1.78. The maximum Gasteiger partial charge on any atom is 0.0666 e. The molecule has 0 saturated heterocycles. The van der Waals surface area contributed by atoms with Crippen LogP contribution in [0.15, 0.2) is 103 Å². The normalized spacial score (nSPS) is 11.8. The van der Waals surface area contributed by atoms with Crippen molar-refractivity contribution in [2.45, 2.75) is 0 Å². The highest BCUT2D eigenvalue weighted by Gasteiger charge is 2.11. The van der Waals surface area contributed by atoms with Gasteiger partial charge in [-0.25, -0.2) is 0 Å². The van der Waals surface area contributed by atoms with Gasteiger partial charge < -0.3 is 0 Å². The summed E-state index contributed by atoms with van der Waals surface area (Å²) in [5.41, 5.74) is 3.79. The van der Waals surface area contributed by atoms with Crippen molar-refractivity contribution in [2.75, 3.05) is 0 Å². The van der Waals surface area contributed by atoms with Crippen LogP contribution < -0.4 is 0 Å². The molecule has 0 aliphatic heterocycles. The molecule has 3 heteroatoms. The Morgan fingerprint density at radius 3 is 1.73 bits per heavy atom. The summed E-state index contributed by atoms with van der Waals surface area (Å²) in [6.45, 7) is 0. The molecule has 0 bridgehead atoms. The number of hydrogen-bond acceptors (Lipinski definition) is 2. The molecule has 0 radical (unpaired) electrons. The van der Waals surface area contributed by atoms with E-state index in [1.54, 1.807) is 0 Å². The van der Waals surface area contributed by atoms with Crippen LogP contribution in [0.2, 0.25) is 0 Å². The molecule has 0 aliphatic rings. The predicted octanol–water partition coefficient (Wildman–Crippen LogP) is 10.4. The number of hydrogen-bond donors (Lipinski definition) is 0. The van der Waals surface area contributed by atoms with Gasteiger partial charge in [-0.15, -0.1) is 22.7 Å². The van der Waals surface area contributed by atoms with Crippen molar-refractivity contribution in [3.63, 3.8) is 0 Å². The third-order valence-corrected chi connectivity index (χ3v) is 9.41. The fraction of sp³-hybridized carbons (Fsp3) is 0. The lowest BCUT2D eigenvalue weighted by atomic mass is 9.99. The van der Waals surface area contributed by atoms with E-state index in [-0.39, 0.29) is 0 Å². The smallest absolute Gasteiger partial charge is 0.0666 e. The number of rotatable bonds is 2. The SMILES string of the molecule is Ic1cc2c(ccc3cc4c(ccc5sc(-c6ccc(-c7ccccc7)cc6)cc54)cc32)s1. The average molecular weight is 569 g/mol. The summed E-state index contributed by atoms with van der Waals surface area (Å²) in [5.74, 6) is 0. The first-order valence-electron chi connectivity index (χ1n) is 10.9. The van der Waals surface area contributed by atoms with E-state index < -0.39 is 0 Å². The van der Waals surface area contributed by atoms with Crippen molar-refractivity contribution in [2.24, 2.45) is 0 Å². The fourth-order valence-electron chi connectivity index (χ4n) is 4.75. The topological polar surface area (TPSA) is 0 Å². The lowest BCUT2D eigenvalue weighted by molar-refractivity contribution is 1.62. The zero-order valence-electron chi connectivity index (χ0n) is 17.5. The van der Waals surface area contributed by atoms with Crippen LogP contribution in [0.25, 0.3) is 63.3 Å². The molecule has 0 amide bonds. The highest BCUT2D eigenvalue weighted by molar-refractivity contribution is 14.1. The third-order valence-electron chi connectivity index (χ3n) is 6.40. The summed E-state index contributed by atoms with van der Waals surface area (Å²) in [5, 5.41) is 8.04. The molecule has 2 aromatic heterocycles. The Bertz CT molecular complexity index is 1810. The number of benzene rings is 5. The molecule has 0 unspecified atom stereocenters. The Balaban J connectivity index is 1.37. The zero-order chi connectivity index (χ0) is 21.9. The van der Waals surface area contributed by atoms with Gasteiger partial charge in [-0.05, 0) is 97.2 Å². The second-order valence-electron chi connectivity index (χ2n) is 8.35. The van der Waals surface area contributed by atoms with Crippen LogP contribution in [0.1, 0.15) is 0 Å². The van der Waals surface area contributed by atoms with E-state index in [0.717, 1.165) is 0 Å². The summed E-state index contributed by atoms with van der Waals surface area (Å²) in [6, 6.07) is 38.1. The molecule has 2 heterocycles. The monoisotopic (exact) mass is 568 g/mol. The summed E-state index contributed by atoms with van der Waals surface area (Å²) < 4.78 is 4.05. The van der Waals surface area contributed by atoms with Gasteiger partial charge in [-0.2, -0.15) is 0 Å². The van der Waals surface area contributed by atoms with E-state index in [0.29, 0.717) is 0 Å². The van der Waals surface area contributed by atoms with E-state index in [1.165, 1.54) is 66.2 Å². The molecule has 0 N–H and O–H groups in total. The fourth-order valence-corrected chi connectivity index (χ4v) is 7.66. The van der Waals surface area contributed by atoms with Gasteiger partial charge in [0.1, 0.15) is 0 Å². The highest BCUT2D eigenvalue weighted by Crippen LogP contribution is 2.40.